The zero-order valence-electron chi connectivity index (χ0n) is 9.71. The summed E-state index contributed by atoms with van der Waals surface area (Å²) in [5, 5.41) is -0.165. The van der Waals surface area contributed by atoms with Gasteiger partial charge in [-0.1, -0.05) is 6.07 Å². The third-order valence-electron chi connectivity index (χ3n) is 2.31. The Kier molecular flexibility index (Phi) is 4.87. The predicted molar refractivity (Wildman–Crippen MR) is 63.0 cm³/mol. The van der Waals surface area contributed by atoms with Crippen molar-refractivity contribution < 1.29 is 13.6 Å². The zero-order valence-corrected chi connectivity index (χ0v) is 10.5. The van der Waals surface area contributed by atoms with E-state index in [2.05, 4.69) is 0 Å². The molecule has 1 atom stereocenters. The summed E-state index contributed by atoms with van der Waals surface area (Å²) in [5.41, 5.74) is 0.186. The lowest BCUT2D eigenvalue weighted by Crippen LogP contribution is -2.32. The summed E-state index contributed by atoms with van der Waals surface area (Å²) in [5.74, 6) is -1.60. The van der Waals surface area contributed by atoms with Gasteiger partial charge in [-0.15, -0.1) is 11.6 Å². The Balaban J connectivity index is 2.67. The maximum absolute atomic E-state index is 13.3. The van der Waals surface area contributed by atoms with Crippen LogP contribution in [-0.2, 0) is 11.2 Å². The number of alkyl halides is 1. The molecule has 94 valence electrons. The average molecular weight is 262 g/mol. The van der Waals surface area contributed by atoms with Crippen molar-refractivity contribution in [3.05, 3.63) is 35.4 Å². The number of carbonyl (C=O) groups is 1. The Labute approximate surface area is 104 Å². The van der Waals surface area contributed by atoms with Gasteiger partial charge in [-0.2, -0.15) is 0 Å². The van der Waals surface area contributed by atoms with Crippen molar-refractivity contribution in [3.63, 3.8) is 0 Å². The van der Waals surface area contributed by atoms with Crippen LogP contribution in [0, 0.1) is 11.6 Å². The van der Waals surface area contributed by atoms with Gasteiger partial charge in [0, 0.05) is 25.0 Å². The first-order chi connectivity index (χ1) is 7.90. The molecule has 0 fully saturated rings. The van der Waals surface area contributed by atoms with Crippen LogP contribution in [0.15, 0.2) is 18.2 Å². The van der Waals surface area contributed by atoms with E-state index in [1.807, 2.05) is 0 Å². The van der Waals surface area contributed by atoms with E-state index in [9.17, 15) is 13.6 Å². The molecule has 0 saturated carbocycles. The molecule has 17 heavy (non-hydrogen) atoms. The highest BCUT2D eigenvalue weighted by atomic mass is 35.5. The molecule has 0 aromatic heterocycles. The topological polar surface area (TPSA) is 20.3 Å². The highest BCUT2D eigenvalue weighted by molar-refractivity contribution is 6.20. The van der Waals surface area contributed by atoms with E-state index < -0.39 is 11.6 Å². The number of nitrogens with zero attached hydrogens (tertiary/aromatic N) is 1. The number of hydrogen-bond donors (Lipinski definition) is 0. The molecule has 1 aromatic carbocycles. The fraction of sp³-hybridized carbons (Fsp3) is 0.417. The molecular weight excluding hydrogens is 248 g/mol. The largest absolute Gasteiger partial charge is 0.344 e. The molecule has 1 rings (SSSR count). The van der Waals surface area contributed by atoms with Gasteiger partial charge in [0.25, 0.3) is 0 Å². The number of amides is 1. The molecule has 1 aromatic rings. The van der Waals surface area contributed by atoms with Crippen molar-refractivity contribution in [2.75, 3.05) is 13.6 Å². The van der Waals surface area contributed by atoms with Crippen LogP contribution < -0.4 is 0 Å². The fourth-order valence-electron chi connectivity index (χ4n) is 1.44. The summed E-state index contributed by atoms with van der Waals surface area (Å²) >= 11 is 5.75. The van der Waals surface area contributed by atoms with Gasteiger partial charge in [-0.05, 0) is 18.6 Å². The van der Waals surface area contributed by atoms with E-state index in [4.69, 9.17) is 11.6 Å². The lowest BCUT2D eigenvalue weighted by molar-refractivity contribution is -0.129. The first-order valence-electron chi connectivity index (χ1n) is 5.22. The minimum Gasteiger partial charge on any atom is -0.344 e. The molecule has 0 saturated heterocycles. The second-order valence-corrected chi connectivity index (χ2v) is 4.71. The van der Waals surface area contributed by atoms with Gasteiger partial charge in [0.15, 0.2) is 0 Å². The molecule has 1 unspecified atom stereocenters. The van der Waals surface area contributed by atoms with Crippen molar-refractivity contribution in [3.8, 4) is 0 Å². The van der Waals surface area contributed by atoms with Crippen molar-refractivity contribution in [2.45, 2.75) is 18.7 Å². The van der Waals surface area contributed by atoms with E-state index in [0.717, 1.165) is 12.1 Å². The second kappa shape index (κ2) is 5.96. The summed E-state index contributed by atoms with van der Waals surface area (Å²) in [4.78, 5) is 13.1. The quantitative estimate of drug-likeness (QED) is 0.763. The molecule has 5 heteroatoms. The number of benzene rings is 1. The van der Waals surface area contributed by atoms with Gasteiger partial charge in [-0.25, -0.2) is 8.78 Å². The molecular formula is C12H14ClF2NO. The number of halogens is 3. The molecule has 0 bridgehead atoms. The van der Waals surface area contributed by atoms with Gasteiger partial charge in [0.2, 0.25) is 5.91 Å². The maximum atomic E-state index is 13.3. The van der Waals surface area contributed by atoms with Crippen molar-refractivity contribution in [1.29, 1.82) is 0 Å². The minimum atomic E-state index is -0.703. The minimum absolute atomic E-state index is 0.0910. The Morgan fingerprint density at radius 2 is 2.12 bits per heavy atom. The first-order valence-corrected chi connectivity index (χ1v) is 5.65. The molecule has 0 aliphatic rings. The van der Waals surface area contributed by atoms with Crippen LogP contribution in [-0.4, -0.2) is 29.8 Å². The Morgan fingerprint density at radius 3 is 2.65 bits per heavy atom. The van der Waals surface area contributed by atoms with Crippen molar-refractivity contribution in [1.82, 2.24) is 4.90 Å². The van der Waals surface area contributed by atoms with Crippen LogP contribution in [0.3, 0.4) is 0 Å². The lowest BCUT2D eigenvalue weighted by atomic mass is 10.1. The number of likely N-dealkylation sites (N-methyl/N-ethyl adjacent to an activating group) is 1. The van der Waals surface area contributed by atoms with Crippen LogP contribution in [0.5, 0.6) is 0 Å². The molecule has 2 nitrogen and oxygen atoms in total. The molecule has 0 N–H and O–H groups in total. The normalized spacial score (nSPS) is 12.3. The van der Waals surface area contributed by atoms with E-state index in [1.165, 1.54) is 11.0 Å². The van der Waals surface area contributed by atoms with E-state index >= 15 is 0 Å². The fourth-order valence-corrected chi connectivity index (χ4v) is 1.65. The third kappa shape index (κ3) is 4.30. The number of rotatable bonds is 4. The smallest absolute Gasteiger partial charge is 0.226 e. The van der Waals surface area contributed by atoms with E-state index in [0.29, 0.717) is 6.54 Å². The van der Waals surface area contributed by atoms with E-state index in [1.54, 1.807) is 14.0 Å². The van der Waals surface area contributed by atoms with Crippen LogP contribution in [0.4, 0.5) is 8.78 Å². The van der Waals surface area contributed by atoms with Crippen LogP contribution in [0.2, 0.25) is 0 Å². The van der Waals surface area contributed by atoms with Crippen LogP contribution in [0.1, 0.15) is 12.5 Å². The van der Waals surface area contributed by atoms with Gasteiger partial charge < -0.3 is 4.90 Å². The predicted octanol–water partition coefficient (Wildman–Crippen LogP) is 2.59. The molecule has 1 amide bonds. The number of hydrogen-bond acceptors (Lipinski definition) is 1. The average Bonchev–Trinajstić information content (AvgIpc) is 2.21. The standard InChI is InChI=1S/C12H14ClF2NO/c1-8(13)7-16(2)12(17)5-9-3-4-10(14)6-11(9)15/h3-4,6,8H,5,7H2,1-2H3. The highest BCUT2D eigenvalue weighted by Crippen LogP contribution is 2.11. The number of carbonyl (C=O) groups excluding carboxylic acids is 1. The van der Waals surface area contributed by atoms with Crippen molar-refractivity contribution >= 4 is 17.5 Å². The third-order valence-corrected chi connectivity index (χ3v) is 2.45. The molecule has 0 spiro atoms. The van der Waals surface area contributed by atoms with Crippen molar-refractivity contribution in [2.24, 2.45) is 0 Å². The highest BCUT2D eigenvalue weighted by Gasteiger charge is 2.14. The SMILES string of the molecule is CC(Cl)CN(C)C(=O)Cc1ccc(F)cc1F. The molecule has 0 aliphatic heterocycles. The molecule has 0 aliphatic carbocycles. The summed E-state index contributed by atoms with van der Waals surface area (Å²) in [6.07, 6.45) is -0.0910. The Morgan fingerprint density at radius 1 is 1.47 bits per heavy atom. The van der Waals surface area contributed by atoms with Gasteiger partial charge >= 0.3 is 0 Å². The van der Waals surface area contributed by atoms with Gasteiger partial charge in [0.05, 0.1) is 6.42 Å². The summed E-state index contributed by atoms with van der Waals surface area (Å²) in [7, 11) is 1.60. The van der Waals surface area contributed by atoms with Gasteiger partial charge in [-0.3, -0.25) is 4.79 Å². The van der Waals surface area contributed by atoms with Crippen LogP contribution in [0.25, 0.3) is 0 Å². The summed E-state index contributed by atoms with van der Waals surface area (Å²) in [6.45, 7) is 2.16. The van der Waals surface area contributed by atoms with Crippen LogP contribution >= 0.6 is 11.6 Å². The zero-order chi connectivity index (χ0) is 13.0. The molecule has 0 radical (unpaired) electrons. The Bertz CT molecular complexity index is 409. The van der Waals surface area contributed by atoms with Gasteiger partial charge in [0.1, 0.15) is 11.6 Å². The van der Waals surface area contributed by atoms with E-state index in [-0.39, 0.29) is 23.3 Å². The maximum Gasteiger partial charge on any atom is 0.226 e. The summed E-state index contributed by atoms with van der Waals surface area (Å²) < 4.78 is 26.0. The Hall–Kier alpha value is -1.16. The second-order valence-electron chi connectivity index (χ2n) is 3.97. The lowest BCUT2D eigenvalue weighted by Gasteiger charge is -2.18. The first kappa shape index (κ1) is 13.9. The summed E-state index contributed by atoms with van der Waals surface area (Å²) in [6, 6.07) is 3.18. The monoisotopic (exact) mass is 261 g/mol. The molecule has 0 heterocycles.